The average Bonchev–Trinajstić information content (AvgIpc) is 2.41. The predicted octanol–water partition coefficient (Wildman–Crippen LogP) is 1.55. The van der Waals surface area contributed by atoms with Gasteiger partial charge in [0.25, 0.3) is 15.6 Å². The first-order valence-electron chi connectivity index (χ1n) is 5.26. The molecule has 0 fully saturated rings. The molecule has 20 heavy (non-hydrogen) atoms. The molecule has 0 saturated heterocycles. The number of nitrogens with one attached hydrogen (secondary N) is 2. The molecule has 0 unspecified atom stereocenters. The molecule has 0 aliphatic rings. The zero-order chi connectivity index (χ0) is 15.0. The molecule has 1 rings (SSSR count). The van der Waals surface area contributed by atoms with Crippen LogP contribution in [0.2, 0.25) is 0 Å². The molecule has 0 aromatic heterocycles. The Morgan fingerprint density at radius 2 is 1.85 bits per heavy atom. The van der Waals surface area contributed by atoms with E-state index in [0.29, 0.717) is 0 Å². The molecule has 0 saturated carbocycles. The van der Waals surface area contributed by atoms with Gasteiger partial charge in [-0.3, -0.25) is 20.4 Å². The third kappa shape index (κ3) is 6.60. The van der Waals surface area contributed by atoms with Crippen molar-refractivity contribution >= 4 is 52.8 Å². The highest BCUT2D eigenvalue weighted by Gasteiger charge is 2.30. The Balaban J connectivity index is 2.24. The standard InChI is InChI=1S/C11H10Cl3N3O3/c12-11(13,14)10(19)17-16-9(18)7-20-15-6-8-4-2-1-3-5-8/h1-6H,7H2,(H,16,18)(H,17,19)/b15-6-. The normalized spacial score (nSPS) is 11.2. The van der Waals surface area contributed by atoms with E-state index in [1.807, 2.05) is 41.2 Å². The van der Waals surface area contributed by atoms with Crippen LogP contribution in [0.25, 0.3) is 0 Å². The number of amides is 2. The number of hydrogen-bond donors (Lipinski definition) is 2. The van der Waals surface area contributed by atoms with Crippen LogP contribution in [-0.2, 0) is 14.4 Å². The zero-order valence-corrected chi connectivity index (χ0v) is 12.2. The van der Waals surface area contributed by atoms with E-state index < -0.39 is 22.2 Å². The van der Waals surface area contributed by atoms with Gasteiger partial charge < -0.3 is 4.84 Å². The topological polar surface area (TPSA) is 79.8 Å². The Bertz CT molecular complexity index is 489. The van der Waals surface area contributed by atoms with Crippen LogP contribution in [-0.4, -0.2) is 28.4 Å². The van der Waals surface area contributed by atoms with Crippen LogP contribution >= 0.6 is 34.8 Å². The van der Waals surface area contributed by atoms with Gasteiger partial charge in [0.15, 0.2) is 6.61 Å². The molecule has 1 aromatic rings. The molecule has 108 valence electrons. The van der Waals surface area contributed by atoms with Crippen molar-refractivity contribution in [3.05, 3.63) is 35.9 Å². The lowest BCUT2D eigenvalue weighted by molar-refractivity contribution is -0.131. The van der Waals surface area contributed by atoms with E-state index in [1.54, 1.807) is 0 Å². The number of carbonyl (C=O) groups excluding carboxylic acids is 2. The predicted molar refractivity (Wildman–Crippen MR) is 76.6 cm³/mol. The van der Waals surface area contributed by atoms with Crippen molar-refractivity contribution in [1.29, 1.82) is 0 Å². The van der Waals surface area contributed by atoms with Gasteiger partial charge in [0.2, 0.25) is 0 Å². The lowest BCUT2D eigenvalue weighted by Gasteiger charge is -2.11. The van der Waals surface area contributed by atoms with E-state index in [-0.39, 0.29) is 0 Å². The second-order valence-electron chi connectivity index (χ2n) is 3.42. The Labute approximate surface area is 130 Å². The van der Waals surface area contributed by atoms with Crippen LogP contribution in [0.1, 0.15) is 5.56 Å². The van der Waals surface area contributed by atoms with Gasteiger partial charge in [-0.15, -0.1) is 0 Å². The van der Waals surface area contributed by atoms with E-state index in [0.717, 1.165) is 5.56 Å². The molecule has 0 spiro atoms. The molecule has 0 aliphatic heterocycles. The highest BCUT2D eigenvalue weighted by Crippen LogP contribution is 2.25. The van der Waals surface area contributed by atoms with Crippen molar-refractivity contribution in [3.63, 3.8) is 0 Å². The van der Waals surface area contributed by atoms with Crippen molar-refractivity contribution in [1.82, 2.24) is 10.9 Å². The molecule has 0 atom stereocenters. The SMILES string of the molecule is O=C(CO/N=C\c1ccccc1)NNC(=O)C(Cl)(Cl)Cl. The number of hydrazine groups is 1. The largest absolute Gasteiger partial charge is 0.386 e. The molecule has 0 bridgehead atoms. The summed E-state index contributed by atoms with van der Waals surface area (Å²) in [5.41, 5.74) is 4.73. The summed E-state index contributed by atoms with van der Waals surface area (Å²) in [4.78, 5) is 27.0. The first kappa shape index (κ1) is 16.6. The average molecular weight is 339 g/mol. The summed E-state index contributed by atoms with van der Waals surface area (Å²) in [6.07, 6.45) is 1.44. The summed E-state index contributed by atoms with van der Waals surface area (Å²) < 4.78 is -2.15. The summed E-state index contributed by atoms with van der Waals surface area (Å²) in [5.74, 6) is -1.64. The summed E-state index contributed by atoms with van der Waals surface area (Å²) in [5, 5.41) is 3.58. The van der Waals surface area contributed by atoms with Crippen LogP contribution in [0.5, 0.6) is 0 Å². The second-order valence-corrected chi connectivity index (χ2v) is 5.70. The molecule has 9 heteroatoms. The van der Waals surface area contributed by atoms with Crippen molar-refractivity contribution in [2.45, 2.75) is 3.79 Å². The van der Waals surface area contributed by atoms with Gasteiger partial charge in [-0.25, -0.2) is 0 Å². The van der Waals surface area contributed by atoms with E-state index in [4.69, 9.17) is 39.6 Å². The molecule has 0 aliphatic carbocycles. The van der Waals surface area contributed by atoms with Crippen molar-refractivity contribution < 1.29 is 14.4 Å². The maximum absolute atomic E-state index is 11.2. The number of nitrogens with zero attached hydrogens (tertiary/aromatic N) is 1. The molecule has 0 radical (unpaired) electrons. The molecular weight excluding hydrogens is 328 g/mol. The number of benzene rings is 1. The number of carbonyl (C=O) groups is 2. The van der Waals surface area contributed by atoms with E-state index >= 15 is 0 Å². The van der Waals surface area contributed by atoms with Gasteiger partial charge in [0.05, 0.1) is 6.21 Å². The minimum Gasteiger partial charge on any atom is -0.386 e. The van der Waals surface area contributed by atoms with E-state index in [2.05, 4.69) is 5.16 Å². The molecular formula is C11H10Cl3N3O3. The van der Waals surface area contributed by atoms with Crippen LogP contribution in [0.4, 0.5) is 0 Å². The van der Waals surface area contributed by atoms with Crippen molar-refractivity contribution in [3.8, 4) is 0 Å². The van der Waals surface area contributed by atoms with E-state index in [1.165, 1.54) is 6.21 Å². The molecule has 0 heterocycles. The summed E-state index contributed by atoms with van der Waals surface area (Å²) in [6.45, 7) is -0.399. The second kappa shape index (κ2) is 7.94. The van der Waals surface area contributed by atoms with Crippen LogP contribution in [0, 0.1) is 0 Å². The van der Waals surface area contributed by atoms with Gasteiger partial charge >= 0.3 is 0 Å². The fraction of sp³-hybridized carbons (Fsp3) is 0.182. The third-order valence-electron chi connectivity index (χ3n) is 1.84. The van der Waals surface area contributed by atoms with Gasteiger partial charge in [0.1, 0.15) is 0 Å². The first-order valence-corrected chi connectivity index (χ1v) is 6.39. The maximum atomic E-state index is 11.2. The number of rotatable bonds is 4. The zero-order valence-electron chi connectivity index (χ0n) is 9.98. The van der Waals surface area contributed by atoms with Gasteiger partial charge in [0, 0.05) is 0 Å². The highest BCUT2D eigenvalue weighted by atomic mass is 35.6. The van der Waals surface area contributed by atoms with Gasteiger partial charge in [-0.2, -0.15) is 0 Å². The Morgan fingerprint density at radius 3 is 2.45 bits per heavy atom. The lowest BCUT2D eigenvalue weighted by atomic mass is 10.2. The smallest absolute Gasteiger partial charge is 0.290 e. The summed E-state index contributed by atoms with van der Waals surface area (Å²) >= 11 is 15.8. The van der Waals surface area contributed by atoms with Crippen LogP contribution < -0.4 is 10.9 Å². The van der Waals surface area contributed by atoms with Crippen molar-refractivity contribution in [2.75, 3.05) is 6.61 Å². The lowest BCUT2D eigenvalue weighted by Crippen LogP contribution is -2.47. The summed E-state index contributed by atoms with van der Waals surface area (Å²) in [6, 6.07) is 9.15. The third-order valence-corrected chi connectivity index (χ3v) is 2.36. The van der Waals surface area contributed by atoms with Crippen LogP contribution in [0.15, 0.2) is 35.5 Å². The van der Waals surface area contributed by atoms with Gasteiger partial charge in [-0.05, 0) is 5.56 Å². The quantitative estimate of drug-likeness (QED) is 0.497. The minimum absolute atomic E-state index is 0.399. The fourth-order valence-corrected chi connectivity index (χ4v) is 1.11. The highest BCUT2D eigenvalue weighted by molar-refractivity contribution is 6.76. The monoisotopic (exact) mass is 337 g/mol. The number of alkyl halides is 3. The Morgan fingerprint density at radius 1 is 1.20 bits per heavy atom. The van der Waals surface area contributed by atoms with Crippen LogP contribution in [0.3, 0.4) is 0 Å². The fourth-order valence-electron chi connectivity index (χ4n) is 0.967. The first-order chi connectivity index (χ1) is 9.39. The Hall–Kier alpha value is -1.50. The molecule has 2 amide bonds. The molecule has 6 nitrogen and oxygen atoms in total. The van der Waals surface area contributed by atoms with Crippen molar-refractivity contribution in [2.24, 2.45) is 5.16 Å². The van der Waals surface area contributed by atoms with E-state index in [9.17, 15) is 9.59 Å². The minimum atomic E-state index is -2.15. The van der Waals surface area contributed by atoms with Gasteiger partial charge in [-0.1, -0.05) is 70.3 Å². The maximum Gasteiger partial charge on any atom is 0.290 e. The summed E-state index contributed by atoms with van der Waals surface area (Å²) in [7, 11) is 0. The number of halogens is 3. The number of oxime groups is 1. The molecule has 2 N–H and O–H groups in total. The number of hydrogen-bond acceptors (Lipinski definition) is 4. The Kier molecular flexibility index (Phi) is 6.57. The molecule has 1 aromatic carbocycles.